The Bertz CT molecular complexity index is 447. The molecule has 1 aliphatic rings. The molecule has 2 atom stereocenters. The molecule has 0 aliphatic carbocycles. The molecule has 1 N–H and O–H groups in total. The van der Waals surface area contributed by atoms with E-state index in [1.54, 1.807) is 10.3 Å². The summed E-state index contributed by atoms with van der Waals surface area (Å²) in [5.74, 6) is 0.197. The van der Waals surface area contributed by atoms with Crippen LogP contribution in [0.25, 0.3) is 0 Å². The van der Waals surface area contributed by atoms with Crippen LogP contribution in [-0.2, 0) is 4.74 Å². The SMILES string of the molecule is CCN(C(=O)c1csc(C(C)C)n1)[C@@H]1COC[C@H]1O. The molecule has 0 spiro atoms. The number of hydrogen-bond acceptors (Lipinski definition) is 5. The number of likely N-dealkylation sites (N-methyl/N-ethyl adjacent to an activating group) is 1. The zero-order valence-corrected chi connectivity index (χ0v) is 12.3. The molecule has 2 rings (SSSR count). The summed E-state index contributed by atoms with van der Waals surface area (Å²) in [6, 6.07) is -0.262. The molecule has 0 bridgehead atoms. The second-order valence-electron chi connectivity index (χ2n) is 4.99. The van der Waals surface area contributed by atoms with Crippen molar-refractivity contribution in [2.45, 2.75) is 38.8 Å². The average molecular weight is 284 g/mol. The zero-order chi connectivity index (χ0) is 14.0. The number of hydrogen-bond donors (Lipinski definition) is 1. The van der Waals surface area contributed by atoms with Gasteiger partial charge in [0, 0.05) is 17.8 Å². The molecule has 1 aromatic heterocycles. The maximum Gasteiger partial charge on any atom is 0.273 e. The maximum atomic E-state index is 12.4. The molecule has 0 saturated carbocycles. The summed E-state index contributed by atoms with van der Waals surface area (Å²) in [7, 11) is 0. The zero-order valence-electron chi connectivity index (χ0n) is 11.5. The van der Waals surface area contributed by atoms with E-state index < -0.39 is 6.10 Å². The Morgan fingerprint density at radius 2 is 2.37 bits per heavy atom. The third kappa shape index (κ3) is 2.96. The van der Waals surface area contributed by atoms with Gasteiger partial charge in [0.05, 0.1) is 30.4 Å². The lowest BCUT2D eigenvalue weighted by Gasteiger charge is -2.28. The van der Waals surface area contributed by atoms with Crippen LogP contribution in [0.5, 0.6) is 0 Å². The number of amides is 1. The van der Waals surface area contributed by atoms with Crippen molar-refractivity contribution in [2.24, 2.45) is 0 Å². The minimum atomic E-state index is -0.605. The number of aromatic nitrogens is 1. The van der Waals surface area contributed by atoms with Gasteiger partial charge in [-0.05, 0) is 6.92 Å². The summed E-state index contributed by atoms with van der Waals surface area (Å²) < 4.78 is 5.22. The van der Waals surface area contributed by atoms with Gasteiger partial charge in [0.2, 0.25) is 0 Å². The highest BCUT2D eigenvalue weighted by molar-refractivity contribution is 7.09. The monoisotopic (exact) mass is 284 g/mol. The van der Waals surface area contributed by atoms with E-state index in [-0.39, 0.29) is 11.9 Å². The smallest absolute Gasteiger partial charge is 0.273 e. The van der Waals surface area contributed by atoms with Crippen LogP contribution in [0.4, 0.5) is 0 Å². The maximum absolute atomic E-state index is 12.4. The quantitative estimate of drug-likeness (QED) is 0.910. The van der Waals surface area contributed by atoms with Crippen molar-refractivity contribution in [2.75, 3.05) is 19.8 Å². The molecule has 1 aromatic rings. The van der Waals surface area contributed by atoms with E-state index in [4.69, 9.17) is 4.74 Å². The van der Waals surface area contributed by atoms with E-state index in [1.807, 2.05) is 6.92 Å². The highest BCUT2D eigenvalue weighted by atomic mass is 32.1. The Morgan fingerprint density at radius 3 is 2.84 bits per heavy atom. The number of carbonyl (C=O) groups is 1. The van der Waals surface area contributed by atoms with Crippen LogP contribution in [0.3, 0.4) is 0 Å². The number of ether oxygens (including phenoxy) is 1. The van der Waals surface area contributed by atoms with Crippen LogP contribution in [0.2, 0.25) is 0 Å². The van der Waals surface area contributed by atoms with Crippen molar-refractivity contribution >= 4 is 17.2 Å². The first-order valence-corrected chi connectivity index (χ1v) is 7.44. The first kappa shape index (κ1) is 14.4. The van der Waals surface area contributed by atoms with E-state index in [9.17, 15) is 9.90 Å². The second kappa shape index (κ2) is 5.98. The Hall–Kier alpha value is -0.980. The van der Waals surface area contributed by atoms with Gasteiger partial charge in [-0.2, -0.15) is 0 Å². The van der Waals surface area contributed by atoms with Crippen molar-refractivity contribution in [3.63, 3.8) is 0 Å². The minimum Gasteiger partial charge on any atom is -0.388 e. The van der Waals surface area contributed by atoms with Gasteiger partial charge in [0.25, 0.3) is 5.91 Å². The highest BCUT2D eigenvalue weighted by Crippen LogP contribution is 2.22. The normalized spacial score (nSPS) is 23.0. The number of thiazole rings is 1. The summed E-state index contributed by atoms with van der Waals surface area (Å²) in [6.07, 6.45) is -0.605. The Labute approximate surface area is 117 Å². The van der Waals surface area contributed by atoms with Gasteiger partial charge in [-0.3, -0.25) is 4.79 Å². The third-order valence-corrected chi connectivity index (χ3v) is 4.40. The fourth-order valence-electron chi connectivity index (χ4n) is 2.16. The number of carbonyl (C=O) groups excluding carboxylic acids is 1. The molecule has 5 nitrogen and oxygen atoms in total. The lowest BCUT2D eigenvalue weighted by Crippen LogP contribution is -2.46. The van der Waals surface area contributed by atoms with Crippen LogP contribution in [0, 0.1) is 0 Å². The molecule has 0 aromatic carbocycles. The number of nitrogens with zero attached hydrogens (tertiary/aromatic N) is 2. The summed E-state index contributed by atoms with van der Waals surface area (Å²) in [5, 5.41) is 12.6. The van der Waals surface area contributed by atoms with Gasteiger partial charge in [0.1, 0.15) is 5.69 Å². The lowest BCUT2D eigenvalue weighted by atomic mass is 10.1. The molecule has 1 aliphatic heterocycles. The molecule has 106 valence electrons. The number of rotatable bonds is 4. The van der Waals surface area contributed by atoms with E-state index in [0.717, 1.165) is 5.01 Å². The second-order valence-corrected chi connectivity index (χ2v) is 5.88. The van der Waals surface area contributed by atoms with E-state index in [0.29, 0.717) is 31.4 Å². The molecular weight excluding hydrogens is 264 g/mol. The van der Waals surface area contributed by atoms with E-state index in [2.05, 4.69) is 18.8 Å². The predicted molar refractivity (Wildman–Crippen MR) is 73.5 cm³/mol. The average Bonchev–Trinajstić information content (AvgIpc) is 3.00. The molecule has 0 radical (unpaired) electrons. The molecule has 1 amide bonds. The van der Waals surface area contributed by atoms with E-state index in [1.165, 1.54) is 11.3 Å². The van der Waals surface area contributed by atoms with Gasteiger partial charge in [-0.15, -0.1) is 11.3 Å². The van der Waals surface area contributed by atoms with Crippen LogP contribution >= 0.6 is 11.3 Å². The molecule has 6 heteroatoms. The van der Waals surface area contributed by atoms with Gasteiger partial charge in [-0.25, -0.2) is 4.98 Å². The van der Waals surface area contributed by atoms with Crippen LogP contribution < -0.4 is 0 Å². The molecule has 0 unspecified atom stereocenters. The molecular formula is C13H20N2O3S. The fourth-order valence-corrected chi connectivity index (χ4v) is 2.97. The van der Waals surface area contributed by atoms with Gasteiger partial charge in [-0.1, -0.05) is 13.8 Å². The first-order valence-electron chi connectivity index (χ1n) is 6.56. The predicted octanol–water partition coefficient (Wildman–Crippen LogP) is 1.49. The largest absolute Gasteiger partial charge is 0.388 e. The molecule has 19 heavy (non-hydrogen) atoms. The summed E-state index contributed by atoms with van der Waals surface area (Å²) >= 11 is 1.50. The molecule has 1 saturated heterocycles. The first-order chi connectivity index (χ1) is 9.04. The Balaban J connectivity index is 2.15. The van der Waals surface area contributed by atoms with Crippen molar-refractivity contribution in [1.82, 2.24) is 9.88 Å². The van der Waals surface area contributed by atoms with Gasteiger partial charge >= 0.3 is 0 Å². The number of aliphatic hydroxyl groups excluding tert-OH is 1. The summed E-state index contributed by atoms with van der Waals surface area (Å²) in [4.78, 5) is 18.5. The highest BCUT2D eigenvalue weighted by Gasteiger charge is 2.34. The number of aliphatic hydroxyl groups is 1. The van der Waals surface area contributed by atoms with Gasteiger partial charge < -0.3 is 14.7 Å². The van der Waals surface area contributed by atoms with Crippen molar-refractivity contribution in [1.29, 1.82) is 0 Å². The van der Waals surface area contributed by atoms with Crippen LogP contribution in [-0.4, -0.2) is 52.8 Å². The van der Waals surface area contributed by atoms with Crippen LogP contribution in [0.1, 0.15) is 42.2 Å². The molecule has 1 fully saturated rings. The Kier molecular flexibility index (Phi) is 4.54. The fraction of sp³-hybridized carbons (Fsp3) is 0.692. The van der Waals surface area contributed by atoms with Crippen molar-refractivity contribution in [3.8, 4) is 0 Å². The summed E-state index contributed by atoms with van der Waals surface area (Å²) in [6.45, 7) is 7.24. The van der Waals surface area contributed by atoms with Crippen molar-refractivity contribution < 1.29 is 14.6 Å². The molecule has 2 heterocycles. The lowest BCUT2D eigenvalue weighted by molar-refractivity contribution is 0.0516. The standard InChI is InChI=1S/C13H20N2O3S/c1-4-15(10-5-18-6-11(10)16)13(17)9-7-19-12(14-9)8(2)3/h7-8,10-11,16H,4-6H2,1-3H3/t10-,11-/m1/s1. The van der Waals surface area contributed by atoms with E-state index >= 15 is 0 Å². The van der Waals surface area contributed by atoms with Gasteiger partial charge in [0.15, 0.2) is 0 Å². The third-order valence-electron chi connectivity index (χ3n) is 3.26. The summed E-state index contributed by atoms with van der Waals surface area (Å²) in [5.41, 5.74) is 0.467. The minimum absolute atomic E-state index is 0.125. The van der Waals surface area contributed by atoms with Crippen LogP contribution in [0.15, 0.2) is 5.38 Å². The Morgan fingerprint density at radius 1 is 1.63 bits per heavy atom. The van der Waals surface area contributed by atoms with Crippen molar-refractivity contribution in [3.05, 3.63) is 16.1 Å². The topological polar surface area (TPSA) is 62.7 Å².